The van der Waals surface area contributed by atoms with Gasteiger partial charge in [-0.3, -0.25) is 0 Å². The summed E-state index contributed by atoms with van der Waals surface area (Å²) in [5.74, 6) is -0.721. The third-order valence-electron chi connectivity index (χ3n) is 2.38. The Morgan fingerprint density at radius 2 is 1.94 bits per heavy atom. The van der Waals surface area contributed by atoms with Gasteiger partial charge in [0.25, 0.3) is 0 Å². The number of esters is 1. The fourth-order valence-electron chi connectivity index (χ4n) is 1.71. The summed E-state index contributed by atoms with van der Waals surface area (Å²) >= 11 is 0. The summed E-state index contributed by atoms with van der Waals surface area (Å²) in [6.07, 6.45) is -2.21. The van der Waals surface area contributed by atoms with Crippen LogP contribution in [-0.4, -0.2) is 57.6 Å². The SMILES string of the molecule is CCOC(=O)[C@H]1CCCN(C(=O)O)N1C(=O)O. The molecule has 1 saturated heterocycles. The molecule has 0 aliphatic carbocycles. The minimum absolute atomic E-state index is 0.0531. The number of carboxylic acid groups (broad SMARTS) is 2. The standard InChI is InChI=1S/C9H14N2O6/c1-2-17-7(12)6-4-3-5-10(8(13)14)11(6)9(15)16/h6H,2-5H2,1H3,(H,13,14)(H,15,16)/t6-/m1/s1. The number of hydrazine groups is 1. The maximum Gasteiger partial charge on any atom is 0.427 e. The van der Waals surface area contributed by atoms with Crippen LogP contribution in [0.5, 0.6) is 0 Å². The van der Waals surface area contributed by atoms with Crippen LogP contribution in [0.4, 0.5) is 9.59 Å². The van der Waals surface area contributed by atoms with Gasteiger partial charge in [-0.2, -0.15) is 5.01 Å². The molecule has 1 heterocycles. The highest BCUT2D eigenvalue weighted by atomic mass is 16.5. The van der Waals surface area contributed by atoms with Gasteiger partial charge in [0.2, 0.25) is 0 Å². The molecule has 2 N–H and O–H groups in total. The highest BCUT2D eigenvalue weighted by Gasteiger charge is 2.40. The van der Waals surface area contributed by atoms with E-state index < -0.39 is 24.2 Å². The van der Waals surface area contributed by atoms with Gasteiger partial charge in [0.15, 0.2) is 6.04 Å². The van der Waals surface area contributed by atoms with Crippen molar-refractivity contribution in [2.75, 3.05) is 13.2 Å². The number of carbonyl (C=O) groups is 3. The van der Waals surface area contributed by atoms with Crippen LogP contribution in [0.15, 0.2) is 0 Å². The van der Waals surface area contributed by atoms with Crippen LogP contribution >= 0.6 is 0 Å². The second-order valence-electron chi connectivity index (χ2n) is 3.44. The van der Waals surface area contributed by atoms with Crippen molar-refractivity contribution in [1.29, 1.82) is 0 Å². The molecular weight excluding hydrogens is 232 g/mol. The van der Waals surface area contributed by atoms with E-state index in [2.05, 4.69) is 0 Å². The van der Waals surface area contributed by atoms with Crippen LogP contribution in [0, 0.1) is 0 Å². The van der Waals surface area contributed by atoms with E-state index in [-0.39, 0.29) is 19.6 Å². The first-order chi connectivity index (χ1) is 7.99. The number of rotatable bonds is 2. The molecule has 0 aromatic rings. The number of nitrogens with zero attached hydrogens (tertiary/aromatic N) is 2. The quantitative estimate of drug-likeness (QED) is 0.690. The summed E-state index contributed by atoms with van der Waals surface area (Å²) in [6, 6.07) is -1.09. The summed E-state index contributed by atoms with van der Waals surface area (Å²) < 4.78 is 4.73. The average Bonchev–Trinajstić information content (AvgIpc) is 2.28. The maximum absolute atomic E-state index is 11.5. The molecule has 17 heavy (non-hydrogen) atoms. The third-order valence-corrected chi connectivity index (χ3v) is 2.38. The van der Waals surface area contributed by atoms with Crippen LogP contribution in [0.2, 0.25) is 0 Å². The molecule has 0 radical (unpaired) electrons. The van der Waals surface area contributed by atoms with Gasteiger partial charge < -0.3 is 14.9 Å². The molecule has 1 aliphatic heterocycles. The van der Waals surface area contributed by atoms with E-state index in [0.717, 1.165) is 0 Å². The van der Waals surface area contributed by atoms with Crippen molar-refractivity contribution in [1.82, 2.24) is 10.0 Å². The lowest BCUT2D eigenvalue weighted by molar-refractivity contribution is -0.157. The molecule has 1 fully saturated rings. The molecule has 0 aromatic heterocycles. The van der Waals surface area contributed by atoms with Gasteiger partial charge in [-0.25, -0.2) is 19.4 Å². The second-order valence-corrected chi connectivity index (χ2v) is 3.44. The zero-order valence-electron chi connectivity index (χ0n) is 9.33. The molecule has 0 aromatic carbocycles. The molecule has 1 atom stereocenters. The molecule has 96 valence electrons. The van der Waals surface area contributed by atoms with Gasteiger partial charge in [-0.05, 0) is 19.8 Å². The van der Waals surface area contributed by atoms with Crippen LogP contribution in [-0.2, 0) is 9.53 Å². The minimum atomic E-state index is -1.48. The average molecular weight is 246 g/mol. The molecule has 1 aliphatic rings. The summed E-state index contributed by atoms with van der Waals surface area (Å²) in [5, 5.41) is 19.0. The Labute approximate surface area is 97.3 Å². The highest BCUT2D eigenvalue weighted by Crippen LogP contribution is 2.19. The van der Waals surface area contributed by atoms with E-state index in [1.807, 2.05) is 0 Å². The zero-order valence-corrected chi connectivity index (χ0v) is 9.33. The van der Waals surface area contributed by atoms with Crippen molar-refractivity contribution < 1.29 is 29.3 Å². The number of amides is 2. The first-order valence-corrected chi connectivity index (χ1v) is 5.18. The topological polar surface area (TPSA) is 107 Å². The molecule has 2 amide bonds. The van der Waals surface area contributed by atoms with E-state index in [4.69, 9.17) is 14.9 Å². The first-order valence-electron chi connectivity index (χ1n) is 5.18. The predicted molar refractivity (Wildman–Crippen MR) is 54.2 cm³/mol. The van der Waals surface area contributed by atoms with Crippen LogP contribution < -0.4 is 0 Å². The molecule has 8 heteroatoms. The predicted octanol–water partition coefficient (Wildman–Crippen LogP) is 0.587. The Balaban J connectivity index is 2.90. The number of ether oxygens (including phenoxy) is 1. The Kier molecular flexibility index (Phi) is 4.13. The Hall–Kier alpha value is -1.99. The van der Waals surface area contributed by atoms with Gasteiger partial charge in [0.1, 0.15) is 0 Å². The minimum Gasteiger partial charge on any atom is -0.464 e. The summed E-state index contributed by atoms with van der Waals surface area (Å²) in [7, 11) is 0. The maximum atomic E-state index is 11.5. The van der Waals surface area contributed by atoms with E-state index >= 15 is 0 Å². The van der Waals surface area contributed by atoms with E-state index in [0.29, 0.717) is 16.4 Å². The molecule has 0 unspecified atom stereocenters. The van der Waals surface area contributed by atoms with Gasteiger partial charge in [0.05, 0.1) is 6.61 Å². The fraction of sp³-hybridized carbons (Fsp3) is 0.667. The number of hydrogen-bond acceptors (Lipinski definition) is 4. The van der Waals surface area contributed by atoms with Crippen LogP contribution in [0.1, 0.15) is 19.8 Å². The largest absolute Gasteiger partial charge is 0.464 e. The van der Waals surface area contributed by atoms with Gasteiger partial charge in [0, 0.05) is 6.54 Å². The fourth-order valence-corrected chi connectivity index (χ4v) is 1.71. The van der Waals surface area contributed by atoms with Gasteiger partial charge >= 0.3 is 18.2 Å². The lowest BCUT2D eigenvalue weighted by Crippen LogP contribution is -2.59. The first kappa shape index (κ1) is 13.1. The third kappa shape index (κ3) is 2.77. The Bertz CT molecular complexity index is 331. The lowest BCUT2D eigenvalue weighted by Gasteiger charge is -2.38. The second kappa shape index (κ2) is 5.37. The van der Waals surface area contributed by atoms with E-state index in [9.17, 15) is 14.4 Å². The van der Waals surface area contributed by atoms with Crippen molar-refractivity contribution in [2.24, 2.45) is 0 Å². The van der Waals surface area contributed by atoms with E-state index in [1.54, 1.807) is 6.92 Å². The van der Waals surface area contributed by atoms with Crippen molar-refractivity contribution in [2.45, 2.75) is 25.8 Å². The smallest absolute Gasteiger partial charge is 0.427 e. The highest BCUT2D eigenvalue weighted by molar-refractivity contribution is 5.82. The molecule has 0 spiro atoms. The van der Waals surface area contributed by atoms with Crippen molar-refractivity contribution in [3.05, 3.63) is 0 Å². The van der Waals surface area contributed by atoms with Crippen LogP contribution in [0.25, 0.3) is 0 Å². The van der Waals surface area contributed by atoms with Crippen molar-refractivity contribution in [3.8, 4) is 0 Å². The molecule has 0 saturated carbocycles. The van der Waals surface area contributed by atoms with E-state index in [1.165, 1.54) is 0 Å². The lowest BCUT2D eigenvalue weighted by atomic mass is 10.1. The van der Waals surface area contributed by atoms with Crippen LogP contribution in [0.3, 0.4) is 0 Å². The van der Waals surface area contributed by atoms with Crippen molar-refractivity contribution in [3.63, 3.8) is 0 Å². The van der Waals surface area contributed by atoms with Crippen molar-refractivity contribution >= 4 is 18.2 Å². The normalized spacial score (nSPS) is 19.9. The zero-order chi connectivity index (χ0) is 13.0. The molecular formula is C9H14N2O6. The van der Waals surface area contributed by atoms with Gasteiger partial charge in [-0.15, -0.1) is 0 Å². The Morgan fingerprint density at radius 3 is 2.41 bits per heavy atom. The molecule has 0 bridgehead atoms. The Morgan fingerprint density at radius 1 is 1.29 bits per heavy atom. The molecule has 1 rings (SSSR count). The molecule has 8 nitrogen and oxygen atoms in total. The summed E-state index contributed by atoms with van der Waals surface area (Å²) in [6.45, 7) is 1.77. The number of carbonyl (C=O) groups excluding carboxylic acids is 1. The summed E-state index contributed by atoms with van der Waals surface area (Å²) in [4.78, 5) is 33.4. The van der Waals surface area contributed by atoms with Gasteiger partial charge in [-0.1, -0.05) is 0 Å². The summed E-state index contributed by atoms with van der Waals surface area (Å²) in [5.41, 5.74) is 0. The number of hydrogen-bond donors (Lipinski definition) is 2. The monoisotopic (exact) mass is 246 g/mol.